The smallest absolute Gasteiger partial charge is 0.410 e. The Morgan fingerprint density at radius 2 is 2.08 bits per heavy atom. The third kappa shape index (κ3) is 5.45. The molecule has 0 aliphatic carbocycles. The van der Waals surface area contributed by atoms with Crippen LogP contribution >= 0.6 is 0 Å². The van der Waals surface area contributed by atoms with Crippen LogP contribution in [0.5, 0.6) is 0 Å². The van der Waals surface area contributed by atoms with Crippen LogP contribution in [0.2, 0.25) is 0 Å². The molecule has 8 nitrogen and oxygen atoms in total. The first-order valence-electron chi connectivity index (χ1n) is 8.64. The van der Waals surface area contributed by atoms with E-state index in [4.69, 9.17) is 4.74 Å². The number of aromatic amines is 1. The Bertz CT molecular complexity index is 618. The molecule has 1 aliphatic rings. The molecule has 0 unspecified atom stereocenters. The molecule has 1 aromatic rings. The van der Waals surface area contributed by atoms with Crippen LogP contribution in [0, 0.1) is 0 Å². The molecule has 0 atom stereocenters. The van der Waals surface area contributed by atoms with Crippen LogP contribution in [0.15, 0.2) is 0 Å². The van der Waals surface area contributed by atoms with Gasteiger partial charge in [0.2, 0.25) is 0 Å². The van der Waals surface area contributed by atoms with Gasteiger partial charge in [-0.1, -0.05) is 0 Å². The third-order valence-electron chi connectivity index (χ3n) is 3.87. The number of amides is 2. The summed E-state index contributed by atoms with van der Waals surface area (Å²) in [5, 5.41) is 9.97. The van der Waals surface area contributed by atoms with Gasteiger partial charge in [-0.25, -0.2) is 4.79 Å². The lowest BCUT2D eigenvalue weighted by Gasteiger charge is -2.30. The maximum Gasteiger partial charge on any atom is 0.410 e. The number of carbonyl (C=O) groups excluding carboxylic acids is 2. The number of hydrogen-bond acceptors (Lipinski definition) is 5. The molecule has 1 aromatic heterocycles. The largest absolute Gasteiger partial charge is 0.444 e. The first-order valence-corrected chi connectivity index (χ1v) is 8.64. The zero-order chi connectivity index (χ0) is 18.6. The van der Waals surface area contributed by atoms with Crippen molar-refractivity contribution in [1.29, 1.82) is 0 Å². The van der Waals surface area contributed by atoms with E-state index < -0.39 is 5.60 Å². The van der Waals surface area contributed by atoms with E-state index in [1.807, 2.05) is 34.9 Å². The predicted octanol–water partition coefficient (Wildman–Crippen LogP) is 1.38. The lowest BCUT2D eigenvalue weighted by atomic mass is 10.1. The summed E-state index contributed by atoms with van der Waals surface area (Å²) in [7, 11) is 3.99. The number of nitrogens with zero attached hydrogens (tertiary/aromatic N) is 3. The van der Waals surface area contributed by atoms with Crippen LogP contribution in [0.25, 0.3) is 0 Å². The third-order valence-corrected chi connectivity index (χ3v) is 3.87. The second kappa shape index (κ2) is 7.86. The molecule has 2 rings (SSSR count). The Kier molecular flexibility index (Phi) is 6.05. The molecular formula is C17H29N5O3. The second-order valence-corrected chi connectivity index (χ2v) is 7.59. The summed E-state index contributed by atoms with van der Waals surface area (Å²) in [6, 6.07) is 0. The highest BCUT2D eigenvalue weighted by molar-refractivity contribution is 5.94. The predicted molar refractivity (Wildman–Crippen MR) is 94.4 cm³/mol. The molecule has 2 heterocycles. The molecule has 2 amide bonds. The van der Waals surface area contributed by atoms with Gasteiger partial charge in [-0.3, -0.25) is 9.89 Å². The van der Waals surface area contributed by atoms with E-state index in [9.17, 15) is 9.59 Å². The lowest BCUT2D eigenvalue weighted by molar-refractivity contribution is 0.0222. The molecule has 8 heteroatoms. The van der Waals surface area contributed by atoms with E-state index in [0.29, 0.717) is 31.7 Å². The zero-order valence-corrected chi connectivity index (χ0v) is 15.8. The van der Waals surface area contributed by atoms with E-state index in [0.717, 1.165) is 24.2 Å². The van der Waals surface area contributed by atoms with Gasteiger partial charge in [-0.15, -0.1) is 0 Å². The molecule has 140 valence electrons. The first kappa shape index (κ1) is 19.2. The highest BCUT2D eigenvalue weighted by Crippen LogP contribution is 2.22. The normalized spacial score (nSPS) is 14.4. The van der Waals surface area contributed by atoms with E-state index in [-0.39, 0.29) is 12.0 Å². The van der Waals surface area contributed by atoms with E-state index >= 15 is 0 Å². The average Bonchev–Trinajstić information content (AvgIpc) is 2.92. The maximum absolute atomic E-state index is 12.4. The Balaban J connectivity index is 1.98. The average molecular weight is 351 g/mol. The summed E-state index contributed by atoms with van der Waals surface area (Å²) in [5.74, 6) is -0.206. The second-order valence-electron chi connectivity index (χ2n) is 7.59. The maximum atomic E-state index is 12.4. The van der Waals surface area contributed by atoms with Crippen molar-refractivity contribution in [3.63, 3.8) is 0 Å². The number of nitrogens with one attached hydrogen (secondary N) is 2. The molecule has 0 saturated carbocycles. The quantitative estimate of drug-likeness (QED) is 0.782. The first-order chi connectivity index (χ1) is 11.7. The standard InChI is InChI=1S/C17H29N5O3/c1-17(2,3)25-16(24)22-10-7-13-12(11-22)14(20-19-13)15(23)18-8-6-9-21(4)5/h6-11H2,1-5H3,(H,18,23)(H,19,20). The van der Waals surface area contributed by atoms with Crippen molar-refractivity contribution in [1.82, 2.24) is 25.3 Å². The summed E-state index contributed by atoms with van der Waals surface area (Å²) < 4.78 is 5.42. The zero-order valence-electron chi connectivity index (χ0n) is 15.8. The van der Waals surface area contributed by atoms with Gasteiger partial charge in [-0.05, 0) is 47.8 Å². The van der Waals surface area contributed by atoms with Crippen molar-refractivity contribution >= 4 is 12.0 Å². The summed E-state index contributed by atoms with van der Waals surface area (Å²) in [6.45, 7) is 7.90. The number of fused-ring (bicyclic) bond motifs is 1. The molecule has 0 radical (unpaired) electrons. The van der Waals surface area contributed by atoms with E-state index in [2.05, 4.69) is 20.4 Å². The van der Waals surface area contributed by atoms with Crippen molar-refractivity contribution < 1.29 is 14.3 Å². The summed E-state index contributed by atoms with van der Waals surface area (Å²) in [5.41, 5.74) is 1.52. The minimum absolute atomic E-state index is 0.206. The van der Waals surface area contributed by atoms with Gasteiger partial charge < -0.3 is 19.9 Å². The minimum atomic E-state index is -0.541. The van der Waals surface area contributed by atoms with Gasteiger partial charge in [0.1, 0.15) is 5.60 Å². The van der Waals surface area contributed by atoms with E-state index in [1.165, 1.54) is 0 Å². The number of hydrogen-bond donors (Lipinski definition) is 2. The Morgan fingerprint density at radius 3 is 2.72 bits per heavy atom. The SMILES string of the molecule is CN(C)CCCNC(=O)c1n[nH]c2c1CN(C(=O)OC(C)(C)C)CC2. The van der Waals surface area contributed by atoms with Gasteiger partial charge in [0.05, 0.1) is 6.54 Å². The van der Waals surface area contributed by atoms with Gasteiger partial charge in [0.25, 0.3) is 5.91 Å². The molecular weight excluding hydrogens is 322 g/mol. The van der Waals surface area contributed by atoms with Crippen molar-refractivity contribution in [3.05, 3.63) is 17.0 Å². The van der Waals surface area contributed by atoms with Crippen molar-refractivity contribution in [3.8, 4) is 0 Å². The van der Waals surface area contributed by atoms with Crippen LogP contribution in [0.3, 0.4) is 0 Å². The van der Waals surface area contributed by atoms with Crippen LogP contribution < -0.4 is 5.32 Å². The van der Waals surface area contributed by atoms with Crippen molar-refractivity contribution in [2.75, 3.05) is 33.7 Å². The molecule has 0 aromatic carbocycles. The highest BCUT2D eigenvalue weighted by Gasteiger charge is 2.30. The van der Waals surface area contributed by atoms with Gasteiger partial charge in [-0.2, -0.15) is 5.10 Å². The van der Waals surface area contributed by atoms with Crippen LogP contribution in [-0.2, 0) is 17.7 Å². The molecule has 0 saturated heterocycles. The number of H-pyrrole nitrogens is 1. The summed E-state index contributed by atoms with van der Waals surface area (Å²) in [4.78, 5) is 28.3. The summed E-state index contributed by atoms with van der Waals surface area (Å²) >= 11 is 0. The number of aromatic nitrogens is 2. The molecule has 1 aliphatic heterocycles. The highest BCUT2D eigenvalue weighted by atomic mass is 16.6. The Hall–Kier alpha value is -2.09. The molecule has 0 fully saturated rings. The fourth-order valence-corrected chi connectivity index (χ4v) is 2.65. The monoisotopic (exact) mass is 351 g/mol. The number of ether oxygens (including phenoxy) is 1. The Morgan fingerprint density at radius 1 is 1.36 bits per heavy atom. The van der Waals surface area contributed by atoms with Crippen molar-refractivity contribution in [2.45, 2.75) is 45.8 Å². The minimum Gasteiger partial charge on any atom is -0.444 e. The Labute approximate surface area is 148 Å². The van der Waals surface area contributed by atoms with Crippen LogP contribution in [0.4, 0.5) is 4.79 Å². The van der Waals surface area contributed by atoms with Crippen LogP contribution in [0.1, 0.15) is 48.9 Å². The summed E-state index contributed by atoms with van der Waals surface area (Å²) in [6.07, 6.45) is 1.14. The fraction of sp³-hybridized carbons (Fsp3) is 0.706. The number of carbonyl (C=O) groups is 2. The van der Waals surface area contributed by atoms with Gasteiger partial charge >= 0.3 is 6.09 Å². The van der Waals surface area contributed by atoms with Gasteiger partial charge in [0, 0.05) is 30.8 Å². The molecule has 2 N–H and O–H groups in total. The molecule has 0 spiro atoms. The van der Waals surface area contributed by atoms with Gasteiger partial charge in [0.15, 0.2) is 5.69 Å². The topological polar surface area (TPSA) is 90.6 Å². The number of rotatable bonds is 5. The van der Waals surface area contributed by atoms with E-state index in [1.54, 1.807) is 4.90 Å². The lowest BCUT2D eigenvalue weighted by Crippen LogP contribution is -2.40. The molecule has 25 heavy (non-hydrogen) atoms. The van der Waals surface area contributed by atoms with Crippen LogP contribution in [-0.4, -0.2) is 71.3 Å². The molecule has 0 bridgehead atoms. The fourth-order valence-electron chi connectivity index (χ4n) is 2.65. The van der Waals surface area contributed by atoms with Crippen molar-refractivity contribution in [2.24, 2.45) is 0 Å².